The maximum Gasteiger partial charge on any atom is 0.416 e. The Bertz CT molecular complexity index is 1070. The predicted molar refractivity (Wildman–Crippen MR) is 139 cm³/mol. The molecule has 0 unspecified atom stereocenters. The lowest BCUT2D eigenvalue weighted by atomic mass is 10.0. The molecule has 2 heterocycles. The summed E-state index contributed by atoms with van der Waals surface area (Å²) < 4.78 is 54.8. The number of carbonyl (C=O) groups excluding carboxylic acids is 1. The van der Waals surface area contributed by atoms with E-state index in [9.17, 15) is 18.0 Å². The standard InChI is InChI=1S/C28H34F3N3O5/c29-28(30,31)24-5-1-22(2-6-24)19-39-33-26(18-34-11-15-37-16-12-34)23-3-7-25(8-4-23)38-20-27(35)32-17-21-9-13-36-14-10-21/h1-8,21H,9-20H2,(H,32,35)/b33-26+. The van der Waals surface area contributed by atoms with Crippen molar-refractivity contribution in [1.82, 2.24) is 10.2 Å². The smallest absolute Gasteiger partial charge is 0.416 e. The molecule has 0 aliphatic carbocycles. The SMILES string of the molecule is O=C(COc1ccc(/C(CN2CCOCC2)=N/OCc2ccc(C(F)(F)F)cc2)cc1)NCC1CCOCC1. The number of hydrogen-bond acceptors (Lipinski definition) is 7. The minimum absolute atomic E-state index is 0.0366. The summed E-state index contributed by atoms with van der Waals surface area (Å²) in [6, 6.07) is 12.0. The van der Waals surface area contributed by atoms with E-state index in [0.29, 0.717) is 49.2 Å². The third-order valence-corrected chi connectivity index (χ3v) is 6.65. The zero-order valence-electron chi connectivity index (χ0n) is 21.8. The lowest BCUT2D eigenvalue weighted by Crippen LogP contribution is -2.39. The van der Waals surface area contributed by atoms with Crippen molar-refractivity contribution in [2.75, 3.05) is 59.2 Å². The van der Waals surface area contributed by atoms with Gasteiger partial charge in [0.25, 0.3) is 5.91 Å². The minimum Gasteiger partial charge on any atom is -0.484 e. The Morgan fingerprint density at radius 2 is 1.64 bits per heavy atom. The van der Waals surface area contributed by atoms with E-state index in [0.717, 1.165) is 56.8 Å². The molecule has 8 nitrogen and oxygen atoms in total. The first kappa shape index (κ1) is 28.8. The summed E-state index contributed by atoms with van der Waals surface area (Å²) in [6.45, 7) is 5.34. The van der Waals surface area contributed by atoms with Crippen molar-refractivity contribution in [2.24, 2.45) is 11.1 Å². The van der Waals surface area contributed by atoms with Crippen LogP contribution in [0, 0.1) is 5.92 Å². The van der Waals surface area contributed by atoms with Crippen LogP contribution in [0.1, 0.15) is 29.5 Å². The van der Waals surface area contributed by atoms with Crippen LogP contribution in [0.2, 0.25) is 0 Å². The molecule has 0 saturated carbocycles. The second-order valence-electron chi connectivity index (χ2n) is 9.57. The largest absolute Gasteiger partial charge is 0.484 e. The van der Waals surface area contributed by atoms with E-state index in [-0.39, 0.29) is 19.1 Å². The number of alkyl halides is 3. The number of benzene rings is 2. The third-order valence-electron chi connectivity index (χ3n) is 6.65. The molecule has 2 aliphatic heterocycles. The molecule has 212 valence electrons. The molecule has 1 N–H and O–H groups in total. The van der Waals surface area contributed by atoms with Crippen molar-refractivity contribution in [3.63, 3.8) is 0 Å². The normalized spacial score (nSPS) is 17.6. The number of nitrogens with zero attached hydrogens (tertiary/aromatic N) is 2. The molecular formula is C28H34F3N3O5. The molecule has 0 atom stereocenters. The van der Waals surface area contributed by atoms with Crippen molar-refractivity contribution in [3.05, 3.63) is 65.2 Å². The van der Waals surface area contributed by atoms with E-state index < -0.39 is 11.7 Å². The summed E-state index contributed by atoms with van der Waals surface area (Å²) in [5.41, 5.74) is 1.35. The Morgan fingerprint density at radius 3 is 2.31 bits per heavy atom. The van der Waals surface area contributed by atoms with E-state index in [2.05, 4.69) is 15.4 Å². The van der Waals surface area contributed by atoms with Crippen LogP contribution in [0.5, 0.6) is 5.75 Å². The van der Waals surface area contributed by atoms with E-state index in [1.807, 2.05) is 12.1 Å². The average molecular weight is 550 g/mol. The van der Waals surface area contributed by atoms with Gasteiger partial charge >= 0.3 is 6.18 Å². The topological polar surface area (TPSA) is 81.6 Å². The highest BCUT2D eigenvalue weighted by Crippen LogP contribution is 2.29. The first-order valence-electron chi connectivity index (χ1n) is 13.1. The summed E-state index contributed by atoms with van der Waals surface area (Å²) >= 11 is 0. The van der Waals surface area contributed by atoms with Crippen LogP contribution >= 0.6 is 0 Å². The van der Waals surface area contributed by atoms with Crippen LogP contribution in [0.15, 0.2) is 53.7 Å². The van der Waals surface area contributed by atoms with E-state index >= 15 is 0 Å². The fourth-order valence-corrected chi connectivity index (χ4v) is 4.27. The second kappa shape index (κ2) is 14.3. The fourth-order valence-electron chi connectivity index (χ4n) is 4.27. The average Bonchev–Trinajstić information content (AvgIpc) is 2.96. The highest BCUT2D eigenvalue weighted by molar-refractivity contribution is 6.01. The van der Waals surface area contributed by atoms with Gasteiger partial charge in [-0.3, -0.25) is 9.69 Å². The minimum atomic E-state index is -4.38. The molecule has 11 heteroatoms. The van der Waals surface area contributed by atoms with Crippen molar-refractivity contribution in [1.29, 1.82) is 0 Å². The van der Waals surface area contributed by atoms with Crippen molar-refractivity contribution in [2.45, 2.75) is 25.6 Å². The van der Waals surface area contributed by atoms with Gasteiger partial charge in [0.1, 0.15) is 18.1 Å². The maximum atomic E-state index is 12.8. The Labute approximate surface area is 226 Å². The van der Waals surface area contributed by atoms with Gasteiger partial charge in [0, 0.05) is 45.0 Å². The molecule has 2 saturated heterocycles. The maximum absolute atomic E-state index is 12.8. The number of amides is 1. The van der Waals surface area contributed by atoms with E-state index in [4.69, 9.17) is 19.0 Å². The molecule has 0 spiro atoms. The van der Waals surface area contributed by atoms with Crippen LogP contribution in [0.3, 0.4) is 0 Å². The van der Waals surface area contributed by atoms with Crippen LogP contribution < -0.4 is 10.1 Å². The van der Waals surface area contributed by atoms with Gasteiger partial charge in [0.2, 0.25) is 0 Å². The highest BCUT2D eigenvalue weighted by atomic mass is 19.4. The fraction of sp³-hybridized carbons (Fsp3) is 0.500. The monoisotopic (exact) mass is 549 g/mol. The summed E-state index contributed by atoms with van der Waals surface area (Å²) in [7, 11) is 0. The van der Waals surface area contributed by atoms with Crippen LogP contribution in [-0.4, -0.2) is 75.7 Å². The molecule has 2 aromatic rings. The summed E-state index contributed by atoms with van der Waals surface area (Å²) in [5, 5.41) is 7.24. The lowest BCUT2D eigenvalue weighted by molar-refractivity contribution is -0.137. The van der Waals surface area contributed by atoms with Crippen LogP contribution in [0.4, 0.5) is 13.2 Å². The number of nitrogens with one attached hydrogen (secondary N) is 1. The zero-order chi connectivity index (χ0) is 27.5. The van der Waals surface area contributed by atoms with Gasteiger partial charge in [-0.25, -0.2) is 0 Å². The molecule has 0 aromatic heterocycles. The molecule has 4 rings (SSSR count). The Kier molecular flexibility index (Phi) is 10.6. The van der Waals surface area contributed by atoms with Gasteiger partial charge in [-0.05, 0) is 60.7 Å². The molecule has 2 aromatic carbocycles. The number of halogens is 3. The quantitative estimate of drug-likeness (QED) is 0.339. The summed E-state index contributed by atoms with van der Waals surface area (Å²) in [4.78, 5) is 19.9. The van der Waals surface area contributed by atoms with Gasteiger partial charge < -0.3 is 24.4 Å². The summed E-state index contributed by atoms with van der Waals surface area (Å²) in [6.07, 6.45) is -2.48. The number of oxime groups is 1. The lowest BCUT2D eigenvalue weighted by Gasteiger charge is -2.26. The van der Waals surface area contributed by atoms with Crippen LogP contribution in [-0.2, 0) is 31.9 Å². The van der Waals surface area contributed by atoms with Gasteiger partial charge in [0.15, 0.2) is 6.61 Å². The first-order chi connectivity index (χ1) is 18.9. The third kappa shape index (κ3) is 9.52. The number of carbonyl (C=O) groups is 1. The van der Waals surface area contributed by atoms with Gasteiger partial charge in [-0.1, -0.05) is 17.3 Å². The summed E-state index contributed by atoms with van der Waals surface area (Å²) in [5.74, 6) is 0.820. The molecule has 0 bridgehead atoms. The molecule has 1 amide bonds. The highest BCUT2D eigenvalue weighted by Gasteiger charge is 2.30. The van der Waals surface area contributed by atoms with Crippen molar-refractivity contribution in [3.8, 4) is 5.75 Å². The Hall–Kier alpha value is -3.15. The number of morpholine rings is 1. The van der Waals surface area contributed by atoms with Crippen molar-refractivity contribution < 1.29 is 37.0 Å². The van der Waals surface area contributed by atoms with Crippen molar-refractivity contribution >= 4 is 11.6 Å². The molecule has 0 radical (unpaired) electrons. The Balaban J connectivity index is 1.32. The predicted octanol–water partition coefficient (Wildman–Crippen LogP) is 3.88. The molecule has 2 aliphatic rings. The molecule has 2 fully saturated rings. The molecule has 39 heavy (non-hydrogen) atoms. The van der Waals surface area contributed by atoms with E-state index in [1.54, 1.807) is 12.1 Å². The zero-order valence-corrected chi connectivity index (χ0v) is 21.8. The molecular weight excluding hydrogens is 515 g/mol. The number of hydrogen-bond donors (Lipinski definition) is 1. The second-order valence-corrected chi connectivity index (χ2v) is 9.57. The van der Waals surface area contributed by atoms with Gasteiger partial charge in [0.05, 0.1) is 18.8 Å². The number of rotatable bonds is 11. The number of ether oxygens (including phenoxy) is 3. The van der Waals surface area contributed by atoms with Gasteiger partial charge in [-0.2, -0.15) is 13.2 Å². The first-order valence-corrected chi connectivity index (χ1v) is 13.1. The Morgan fingerprint density at radius 1 is 0.974 bits per heavy atom. The van der Waals surface area contributed by atoms with E-state index in [1.165, 1.54) is 12.1 Å². The van der Waals surface area contributed by atoms with Gasteiger partial charge in [-0.15, -0.1) is 0 Å². The van der Waals surface area contributed by atoms with Crippen LogP contribution in [0.25, 0.3) is 0 Å².